The van der Waals surface area contributed by atoms with E-state index in [1.54, 1.807) is 37.3 Å². The Balaban J connectivity index is 2.40. The molecule has 2 rings (SSSR count). The quantitative estimate of drug-likeness (QED) is 0.800. The minimum Gasteiger partial charge on any atom is -0.324 e. The lowest BCUT2D eigenvalue weighted by molar-refractivity contribution is -0.117. The maximum atomic E-state index is 12.9. The number of rotatable bonds is 6. The minimum absolute atomic E-state index is 0.326. The van der Waals surface area contributed by atoms with Crippen LogP contribution in [0.15, 0.2) is 42.5 Å². The van der Waals surface area contributed by atoms with Crippen LogP contribution in [0.25, 0.3) is 0 Å². The first-order chi connectivity index (χ1) is 12.1. The van der Waals surface area contributed by atoms with Crippen LogP contribution in [0.4, 0.5) is 11.4 Å². The fourth-order valence-corrected chi connectivity index (χ4v) is 4.09. The molecule has 0 spiro atoms. The van der Waals surface area contributed by atoms with Gasteiger partial charge in [-0.3, -0.25) is 9.10 Å². The molecular weight excluding hydrogens is 372 g/mol. The van der Waals surface area contributed by atoms with Crippen molar-refractivity contribution >= 4 is 38.9 Å². The van der Waals surface area contributed by atoms with E-state index in [-0.39, 0.29) is 5.91 Å². The first kappa shape index (κ1) is 20.3. The molecule has 0 heterocycles. The summed E-state index contributed by atoms with van der Waals surface area (Å²) in [4.78, 5) is 12.9. The Hall–Kier alpha value is -2.05. The SMILES string of the molecule is CC[C@H](C(=O)Nc1cccc(C)c1C)N(c1ccc(Cl)cc1)S(C)(=O)=O. The number of nitrogens with zero attached hydrogens (tertiary/aromatic N) is 1. The highest BCUT2D eigenvalue weighted by Crippen LogP contribution is 2.26. The second-order valence-corrected chi connectivity index (χ2v) is 8.49. The first-order valence-corrected chi connectivity index (χ1v) is 10.5. The van der Waals surface area contributed by atoms with Gasteiger partial charge in [0.15, 0.2) is 0 Å². The van der Waals surface area contributed by atoms with E-state index in [0.717, 1.165) is 21.7 Å². The van der Waals surface area contributed by atoms with Gasteiger partial charge in [-0.05, 0) is 61.7 Å². The predicted octanol–water partition coefficient (Wildman–Crippen LogP) is 4.14. The van der Waals surface area contributed by atoms with Gasteiger partial charge in [-0.1, -0.05) is 30.7 Å². The normalized spacial score (nSPS) is 12.5. The number of carbonyl (C=O) groups is 1. The van der Waals surface area contributed by atoms with Gasteiger partial charge in [0.25, 0.3) is 0 Å². The molecular formula is C19H23ClN2O3S. The number of hydrogen-bond donors (Lipinski definition) is 1. The van der Waals surface area contributed by atoms with Gasteiger partial charge in [-0.2, -0.15) is 0 Å². The van der Waals surface area contributed by atoms with E-state index in [2.05, 4.69) is 5.32 Å². The van der Waals surface area contributed by atoms with Crippen LogP contribution in [0.1, 0.15) is 24.5 Å². The molecule has 2 aromatic rings. The van der Waals surface area contributed by atoms with Crippen molar-refractivity contribution < 1.29 is 13.2 Å². The molecule has 0 aromatic heterocycles. The van der Waals surface area contributed by atoms with Crippen LogP contribution < -0.4 is 9.62 Å². The van der Waals surface area contributed by atoms with Crippen LogP contribution in [0.2, 0.25) is 5.02 Å². The topological polar surface area (TPSA) is 66.5 Å². The second kappa shape index (κ2) is 8.10. The maximum absolute atomic E-state index is 12.9. The first-order valence-electron chi connectivity index (χ1n) is 8.27. The summed E-state index contributed by atoms with van der Waals surface area (Å²) >= 11 is 5.90. The molecule has 5 nitrogen and oxygen atoms in total. The number of nitrogens with one attached hydrogen (secondary N) is 1. The number of carbonyl (C=O) groups excluding carboxylic acids is 1. The van der Waals surface area contributed by atoms with Crippen molar-refractivity contribution in [3.63, 3.8) is 0 Å². The zero-order valence-electron chi connectivity index (χ0n) is 15.3. The van der Waals surface area contributed by atoms with E-state index in [0.29, 0.717) is 22.8 Å². The van der Waals surface area contributed by atoms with Crippen molar-refractivity contribution in [2.45, 2.75) is 33.2 Å². The molecule has 0 aliphatic rings. The zero-order chi connectivity index (χ0) is 19.5. The largest absolute Gasteiger partial charge is 0.324 e. The lowest BCUT2D eigenvalue weighted by atomic mass is 10.1. The van der Waals surface area contributed by atoms with Crippen molar-refractivity contribution in [2.24, 2.45) is 0 Å². The molecule has 26 heavy (non-hydrogen) atoms. The zero-order valence-corrected chi connectivity index (χ0v) is 16.9. The summed E-state index contributed by atoms with van der Waals surface area (Å²) in [5.41, 5.74) is 3.08. The average Bonchev–Trinajstić information content (AvgIpc) is 2.56. The highest BCUT2D eigenvalue weighted by atomic mass is 35.5. The highest BCUT2D eigenvalue weighted by Gasteiger charge is 2.31. The van der Waals surface area contributed by atoms with Crippen LogP contribution in [0, 0.1) is 13.8 Å². The minimum atomic E-state index is -3.67. The van der Waals surface area contributed by atoms with E-state index in [9.17, 15) is 13.2 Å². The molecule has 0 aliphatic carbocycles. The maximum Gasteiger partial charge on any atom is 0.248 e. The Morgan fingerprint density at radius 2 is 1.77 bits per heavy atom. The molecule has 1 atom stereocenters. The fourth-order valence-electron chi connectivity index (χ4n) is 2.75. The Morgan fingerprint density at radius 3 is 2.31 bits per heavy atom. The van der Waals surface area contributed by atoms with Crippen LogP contribution in [0.5, 0.6) is 0 Å². The molecule has 140 valence electrons. The molecule has 0 radical (unpaired) electrons. The van der Waals surface area contributed by atoms with E-state index in [1.807, 2.05) is 26.0 Å². The van der Waals surface area contributed by atoms with Crippen molar-refractivity contribution in [1.29, 1.82) is 0 Å². The smallest absolute Gasteiger partial charge is 0.248 e. The number of halogens is 1. The van der Waals surface area contributed by atoms with Crippen molar-refractivity contribution in [2.75, 3.05) is 15.9 Å². The molecule has 0 fully saturated rings. The lowest BCUT2D eigenvalue weighted by Gasteiger charge is -2.30. The summed E-state index contributed by atoms with van der Waals surface area (Å²) in [7, 11) is -3.67. The highest BCUT2D eigenvalue weighted by molar-refractivity contribution is 7.92. The third kappa shape index (κ3) is 4.56. The van der Waals surface area contributed by atoms with Gasteiger partial charge in [-0.15, -0.1) is 0 Å². The number of benzene rings is 2. The van der Waals surface area contributed by atoms with Gasteiger partial charge in [0.1, 0.15) is 6.04 Å². The number of hydrogen-bond acceptors (Lipinski definition) is 3. The predicted molar refractivity (Wildman–Crippen MR) is 107 cm³/mol. The molecule has 7 heteroatoms. The third-order valence-electron chi connectivity index (χ3n) is 4.27. The Kier molecular flexibility index (Phi) is 6.31. The van der Waals surface area contributed by atoms with E-state index < -0.39 is 16.1 Å². The molecule has 1 N–H and O–H groups in total. The van der Waals surface area contributed by atoms with Crippen LogP contribution >= 0.6 is 11.6 Å². The van der Waals surface area contributed by atoms with E-state index in [1.165, 1.54) is 0 Å². The number of sulfonamides is 1. The summed E-state index contributed by atoms with van der Waals surface area (Å²) in [6.45, 7) is 5.65. The Labute approximate surface area is 160 Å². The standard InChI is InChI=1S/C19H23ClN2O3S/c1-5-18(19(23)21-17-8-6-7-13(2)14(17)3)22(26(4,24)25)16-11-9-15(20)10-12-16/h6-12,18H,5H2,1-4H3,(H,21,23)/t18-/m1/s1. The van der Waals surface area contributed by atoms with Crippen molar-refractivity contribution in [3.05, 3.63) is 58.6 Å². The van der Waals surface area contributed by atoms with Gasteiger partial charge < -0.3 is 5.32 Å². The van der Waals surface area contributed by atoms with E-state index in [4.69, 9.17) is 11.6 Å². The van der Waals surface area contributed by atoms with Gasteiger partial charge in [-0.25, -0.2) is 8.42 Å². The monoisotopic (exact) mass is 394 g/mol. The van der Waals surface area contributed by atoms with Gasteiger partial charge in [0.05, 0.1) is 11.9 Å². The summed E-state index contributed by atoms with van der Waals surface area (Å²) in [6.07, 6.45) is 1.42. The summed E-state index contributed by atoms with van der Waals surface area (Å²) in [5.74, 6) is -0.374. The summed E-state index contributed by atoms with van der Waals surface area (Å²) in [5, 5.41) is 3.36. The molecule has 0 bridgehead atoms. The van der Waals surface area contributed by atoms with Gasteiger partial charge in [0, 0.05) is 10.7 Å². The van der Waals surface area contributed by atoms with E-state index >= 15 is 0 Å². The molecule has 1 amide bonds. The number of anilines is 2. The molecule has 0 saturated heterocycles. The molecule has 0 unspecified atom stereocenters. The fraction of sp³-hybridized carbons (Fsp3) is 0.316. The average molecular weight is 395 g/mol. The van der Waals surface area contributed by atoms with Gasteiger partial charge in [0.2, 0.25) is 15.9 Å². The van der Waals surface area contributed by atoms with Crippen LogP contribution in [0.3, 0.4) is 0 Å². The summed E-state index contributed by atoms with van der Waals surface area (Å²) in [6, 6.07) is 11.1. The second-order valence-electron chi connectivity index (χ2n) is 6.20. The number of amides is 1. The molecule has 0 aliphatic heterocycles. The Morgan fingerprint density at radius 1 is 1.15 bits per heavy atom. The summed E-state index contributed by atoms with van der Waals surface area (Å²) < 4.78 is 26.0. The molecule has 0 saturated carbocycles. The number of aryl methyl sites for hydroxylation is 1. The lowest BCUT2D eigenvalue weighted by Crippen LogP contribution is -2.47. The van der Waals surface area contributed by atoms with Crippen molar-refractivity contribution in [1.82, 2.24) is 0 Å². The third-order valence-corrected chi connectivity index (χ3v) is 5.71. The van der Waals surface area contributed by atoms with Gasteiger partial charge >= 0.3 is 0 Å². The van der Waals surface area contributed by atoms with Crippen LogP contribution in [-0.2, 0) is 14.8 Å². The Bertz CT molecular complexity index is 896. The van der Waals surface area contributed by atoms with Crippen LogP contribution in [-0.4, -0.2) is 26.6 Å². The molecule has 2 aromatic carbocycles. The van der Waals surface area contributed by atoms with Crippen molar-refractivity contribution in [3.8, 4) is 0 Å².